The summed E-state index contributed by atoms with van der Waals surface area (Å²) in [6.45, 7) is 2.92. The van der Waals surface area contributed by atoms with Crippen LogP contribution < -0.4 is 5.32 Å². The van der Waals surface area contributed by atoms with Crippen molar-refractivity contribution >= 4 is 33.3 Å². The molecule has 6 aromatic rings. The third-order valence-electron chi connectivity index (χ3n) is 9.87. The maximum absolute atomic E-state index is 8.15. The van der Waals surface area contributed by atoms with E-state index in [4.69, 9.17) is 34.8 Å². The number of hydrazine groups is 1. The highest BCUT2D eigenvalue weighted by Crippen LogP contribution is 2.62. The molecule has 0 bridgehead atoms. The van der Waals surface area contributed by atoms with Crippen molar-refractivity contribution in [2.45, 2.75) is 41.4 Å². The summed E-state index contributed by atoms with van der Waals surface area (Å²) in [5.41, 5.74) is -1.12. The van der Waals surface area contributed by atoms with Crippen LogP contribution in [0.15, 0.2) is 104 Å². The molecule has 3 fully saturated rings. The Balaban J connectivity index is 1.46. The normalized spacial score (nSPS) is 27.8. The fourth-order valence-corrected chi connectivity index (χ4v) is 10.2. The highest BCUT2D eigenvalue weighted by atomic mass is 32.2. The molecule has 4 unspecified atom stereocenters. The minimum absolute atomic E-state index is 0.163. The van der Waals surface area contributed by atoms with Crippen molar-refractivity contribution in [1.82, 2.24) is 55.4 Å². The van der Waals surface area contributed by atoms with Gasteiger partial charge in [-0.05, 0) is 55.3 Å². The molecule has 4 atom stereocenters. The number of thiazole rings is 1. The number of thioether (sulfide) groups is 1. The van der Waals surface area contributed by atoms with Crippen molar-refractivity contribution in [2.75, 3.05) is 31.9 Å². The zero-order valence-electron chi connectivity index (χ0n) is 27.2. The number of nitrogens with one attached hydrogen (secondary N) is 1. The summed E-state index contributed by atoms with van der Waals surface area (Å²) in [6.07, 6.45) is 15.5. The molecule has 14 heteroatoms. The summed E-state index contributed by atoms with van der Waals surface area (Å²) >= 11 is 3.52. The predicted octanol–water partition coefficient (Wildman–Crippen LogP) is 4.54. The van der Waals surface area contributed by atoms with Crippen LogP contribution in [0.25, 0.3) is 10.2 Å². The van der Waals surface area contributed by atoms with Crippen LogP contribution in [0.2, 0.25) is 0 Å². The van der Waals surface area contributed by atoms with Gasteiger partial charge in [-0.2, -0.15) is 10.2 Å². The summed E-state index contributed by atoms with van der Waals surface area (Å²) in [6, 6.07) is 19.9. The minimum Gasteiger partial charge on any atom is -0.340 e. The molecule has 0 radical (unpaired) electrons. The van der Waals surface area contributed by atoms with Gasteiger partial charge in [0, 0.05) is 62.6 Å². The van der Waals surface area contributed by atoms with Crippen LogP contribution >= 0.6 is 23.1 Å². The third-order valence-corrected chi connectivity index (χ3v) is 12.4. The Morgan fingerprint density at radius 1 is 0.780 bits per heavy atom. The number of benzene rings is 1. The molecule has 1 aromatic carbocycles. The second-order valence-corrected chi connectivity index (χ2v) is 14.9. The van der Waals surface area contributed by atoms with Gasteiger partial charge in [-0.3, -0.25) is 15.0 Å². The minimum atomic E-state index is -1.56. The Morgan fingerprint density at radius 3 is 2.34 bits per heavy atom. The van der Waals surface area contributed by atoms with Crippen LogP contribution in [-0.4, -0.2) is 87.4 Å². The molecule has 8 heterocycles. The van der Waals surface area contributed by atoms with E-state index in [1.54, 1.807) is 48.5 Å². The molecule has 0 saturated carbocycles. The summed E-state index contributed by atoms with van der Waals surface area (Å²) in [7, 11) is 0. The van der Waals surface area contributed by atoms with Gasteiger partial charge < -0.3 is 10.1 Å². The summed E-state index contributed by atoms with van der Waals surface area (Å²) in [5.74, 6) is 1.35. The van der Waals surface area contributed by atoms with Crippen LogP contribution in [0.1, 0.15) is 47.2 Å². The standard InChI is InChI=1S/C36H35N11OS2/c1-6-21-46(22-7-1)47-25-34(32-42-20-23-49-32,33-44-26-10-2-3-11-27(26)50-33)48-36(29-12-4-5-14-38-29,31-40-15-9-16-41-31)35(47,28-13-8-17-43-45-28)30-24-37-18-19-39-30/h2-5,8-19,24,32,42H,1,6-7,20-23,25H2. The average molecular weight is 702 g/mol. The van der Waals surface area contributed by atoms with Gasteiger partial charge >= 0.3 is 0 Å². The lowest BCUT2D eigenvalue weighted by Crippen LogP contribution is -2.77. The van der Waals surface area contributed by atoms with E-state index < -0.39 is 16.7 Å². The topological polar surface area (TPSA) is 131 Å². The van der Waals surface area contributed by atoms with Crippen LogP contribution in [-0.2, 0) is 21.5 Å². The van der Waals surface area contributed by atoms with Crippen molar-refractivity contribution in [3.63, 3.8) is 0 Å². The van der Waals surface area contributed by atoms with Gasteiger partial charge in [0.15, 0.2) is 17.0 Å². The van der Waals surface area contributed by atoms with E-state index >= 15 is 0 Å². The molecule has 0 spiro atoms. The molecular formula is C36H35N11OS2. The Bertz CT molecular complexity index is 1930. The van der Waals surface area contributed by atoms with E-state index in [9.17, 15) is 0 Å². The third kappa shape index (κ3) is 4.88. The molecule has 1 N–H and O–H groups in total. The van der Waals surface area contributed by atoms with Crippen LogP contribution in [0, 0.1) is 0 Å². The van der Waals surface area contributed by atoms with Crippen molar-refractivity contribution in [1.29, 1.82) is 0 Å². The van der Waals surface area contributed by atoms with Crippen molar-refractivity contribution < 1.29 is 4.74 Å². The Labute approximate surface area is 297 Å². The first-order valence-corrected chi connectivity index (χ1v) is 18.8. The summed E-state index contributed by atoms with van der Waals surface area (Å²) in [4.78, 5) is 30.3. The molecule has 50 heavy (non-hydrogen) atoms. The maximum Gasteiger partial charge on any atom is 0.201 e. The summed E-state index contributed by atoms with van der Waals surface area (Å²) in [5, 5.41) is 18.8. The zero-order valence-corrected chi connectivity index (χ0v) is 28.9. The van der Waals surface area contributed by atoms with Gasteiger partial charge in [0.2, 0.25) is 5.60 Å². The first kappa shape index (κ1) is 31.7. The van der Waals surface area contributed by atoms with Gasteiger partial charge in [0.1, 0.15) is 5.01 Å². The van der Waals surface area contributed by atoms with Gasteiger partial charge in [0.05, 0.1) is 45.4 Å². The van der Waals surface area contributed by atoms with E-state index in [2.05, 4.69) is 43.6 Å². The second kappa shape index (κ2) is 13.1. The maximum atomic E-state index is 8.15. The Morgan fingerprint density at radius 2 is 1.60 bits per heavy atom. The fraction of sp³-hybridized carbons (Fsp3) is 0.333. The number of ether oxygens (including phenoxy) is 1. The van der Waals surface area contributed by atoms with E-state index in [0.717, 1.165) is 59.9 Å². The van der Waals surface area contributed by atoms with E-state index in [1.165, 1.54) is 0 Å². The smallest absolute Gasteiger partial charge is 0.201 e. The largest absolute Gasteiger partial charge is 0.340 e. The monoisotopic (exact) mass is 701 g/mol. The van der Waals surface area contributed by atoms with Gasteiger partial charge in [-0.25, -0.2) is 25.0 Å². The van der Waals surface area contributed by atoms with Crippen molar-refractivity contribution in [3.05, 3.63) is 132 Å². The first-order valence-electron chi connectivity index (χ1n) is 16.9. The molecule has 3 aliphatic rings. The number of piperidine rings is 1. The molecule has 252 valence electrons. The quantitative estimate of drug-likeness (QED) is 0.250. The molecule has 3 aliphatic heterocycles. The van der Waals surface area contributed by atoms with Crippen LogP contribution in [0.3, 0.4) is 0 Å². The van der Waals surface area contributed by atoms with E-state index in [1.807, 2.05) is 60.4 Å². The molecule has 0 aliphatic carbocycles. The van der Waals surface area contributed by atoms with Gasteiger partial charge in [-0.15, -0.1) is 23.1 Å². The molecule has 0 amide bonds. The van der Waals surface area contributed by atoms with Crippen molar-refractivity contribution in [3.8, 4) is 0 Å². The first-order chi connectivity index (χ1) is 24.8. The average Bonchev–Trinajstić information content (AvgIpc) is 3.91. The number of morpholine rings is 1. The lowest BCUT2D eigenvalue weighted by atomic mass is 9.68. The molecule has 3 saturated heterocycles. The predicted molar refractivity (Wildman–Crippen MR) is 191 cm³/mol. The van der Waals surface area contributed by atoms with Gasteiger partial charge in [-0.1, -0.05) is 24.6 Å². The van der Waals surface area contributed by atoms with E-state index in [0.29, 0.717) is 29.5 Å². The number of hydrogen-bond acceptors (Lipinski definition) is 14. The Hall–Kier alpha value is -4.31. The highest BCUT2D eigenvalue weighted by Gasteiger charge is 2.74. The van der Waals surface area contributed by atoms with E-state index in [-0.39, 0.29) is 5.37 Å². The second-order valence-electron chi connectivity index (χ2n) is 12.6. The lowest BCUT2D eigenvalue weighted by Gasteiger charge is -2.63. The number of hydrogen-bond donors (Lipinski definition) is 1. The number of aromatic nitrogens is 8. The number of para-hydroxylation sites is 1. The van der Waals surface area contributed by atoms with Crippen molar-refractivity contribution in [2.24, 2.45) is 0 Å². The number of rotatable bonds is 7. The zero-order chi connectivity index (χ0) is 33.4. The van der Waals surface area contributed by atoms with Crippen LogP contribution in [0.5, 0.6) is 0 Å². The molecular weight excluding hydrogens is 667 g/mol. The van der Waals surface area contributed by atoms with Crippen LogP contribution in [0.4, 0.5) is 0 Å². The Kier molecular flexibility index (Phi) is 8.30. The van der Waals surface area contributed by atoms with Gasteiger partial charge in [0.25, 0.3) is 0 Å². The molecule has 9 rings (SSSR count). The molecule has 5 aromatic heterocycles. The lowest BCUT2D eigenvalue weighted by molar-refractivity contribution is -0.316. The highest BCUT2D eigenvalue weighted by molar-refractivity contribution is 8.00. The fourth-order valence-electron chi connectivity index (χ4n) is 7.82. The number of fused-ring (bicyclic) bond motifs is 1. The molecule has 12 nitrogen and oxygen atoms in total. The SMILES string of the molecule is c1ccc(C2(c3ncccn3)OC(c3nc4ccccc4s3)(C3NCCS3)CN(N3CCCCC3)C2(c2cnccn2)c2cccnn2)nc1. The summed E-state index contributed by atoms with van der Waals surface area (Å²) < 4.78 is 9.25. The number of nitrogens with zero attached hydrogens (tertiary/aromatic N) is 10. The number of pyridine rings is 1.